The smallest absolute Gasteiger partial charge is 0.0860 e. The van der Waals surface area contributed by atoms with E-state index in [0.717, 1.165) is 18.5 Å². The molecular weight excluding hydrogens is 90.1 g/mol. The second-order valence-corrected chi connectivity index (χ2v) is 1.74. The highest BCUT2D eigenvalue weighted by Gasteiger charge is 2.15. The molecule has 1 aromatic rings. The summed E-state index contributed by atoms with van der Waals surface area (Å²) in [7, 11) is 0. The molecule has 0 amide bonds. The predicted octanol–water partition coefficient (Wildman–Crippen LogP) is -0.0967. The second kappa shape index (κ2) is 0.857. The normalized spacial score (nSPS) is 15.4. The van der Waals surface area contributed by atoms with Crippen molar-refractivity contribution in [2.75, 3.05) is 0 Å². The number of nitrogens with one attached hydrogen (secondary N) is 1. The Kier molecular flexibility index (Phi) is 0.389. The molecule has 1 aliphatic rings. The molecule has 0 aromatic carbocycles. The standard InChI is InChI=1S/C4H5N3/c1-2-4-3(1)5-7-6-4/h1-2H2,(H,5,6,7). The maximum atomic E-state index is 3.80. The van der Waals surface area contributed by atoms with E-state index in [2.05, 4.69) is 15.4 Å². The number of aryl methyl sites for hydroxylation is 2. The van der Waals surface area contributed by atoms with E-state index in [-0.39, 0.29) is 0 Å². The molecule has 7 heavy (non-hydrogen) atoms. The third-order valence-electron chi connectivity index (χ3n) is 1.32. The molecular formula is C4H5N3. The van der Waals surface area contributed by atoms with E-state index in [1.807, 2.05) is 0 Å². The zero-order valence-electron chi connectivity index (χ0n) is 3.81. The minimum Gasteiger partial charge on any atom is -0.262 e. The van der Waals surface area contributed by atoms with Crippen LogP contribution in [0.4, 0.5) is 0 Å². The topological polar surface area (TPSA) is 41.6 Å². The molecule has 0 fully saturated rings. The van der Waals surface area contributed by atoms with Gasteiger partial charge in [0.2, 0.25) is 0 Å². The van der Waals surface area contributed by atoms with Gasteiger partial charge in [0.25, 0.3) is 0 Å². The van der Waals surface area contributed by atoms with Crippen molar-refractivity contribution in [2.24, 2.45) is 0 Å². The molecule has 2 rings (SSSR count). The van der Waals surface area contributed by atoms with Gasteiger partial charge in [0.05, 0.1) is 11.4 Å². The average Bonchev–Trinajstić information content (AvgIpc) is 1.85. The Morgan fingerprint density at radius 1 is 1.43 bits per heavy atom. The summed E-state index contributed by atoms with van der Waals surface area (Å²) < 4.78 is 0. The van der Waals surface area contributed by atoms with Crippen LogP contribution in [0.1, 0.15) is 11.4 Å². The van der Waals surface area contributed by atoms with Gasteiger partial charge in [-0.3, -0.25) is 5.10 Å². The first-order valence-electron chi connectivity index (χ1n) is 2.35. The molecule has 1 aliphatic carbocycles. The molecule has 1 aromatic heterocycles. The van der Waals surface area contributed by atoms with E-state index in [1.54, 1.807) is 0 Å². The molecule has 1 N–H and O–H groups in total. The van der Waals surface area contributed by atoms with Gasteiger partial charge in [-0.2, -0.15) is 0 Å². The van der Waals surface area contributed by atoms with Crippen molar-refractivity contribution >= 4 is 0 Å². The van der Waals surface area contributed by atoms with Crippen LogP contribution in [0, 0.1) is 0 Å². The Morgan fingerprint density at radius 2 is 2.43 bits per heavy atom. The molecule has 0 radical (unpaired) electrons. The summed E-state index contributed by atoms with van der Waals surface area (Å²) >= 11 is 0. The number of aromatic nitrogens is 3. The van der Waals surface area contributed by atoms with Crippen LogP contribution in [0.25, 0.3) is 0 Å². The molecule has 36 valence electrons. The number of hydrogen-bond donors (Lipinski definition) is 1. The Balaban J connectivity index is 2.69. The van der Waals surface area contributed by atoms with Gasteiger partial charge in [0.1, 0.15) is 0 Å². The summed E-state index contributed by atoms with van der Waals surface area (Å²) in [6.45, 7) is 0. The molecule has 0 bridgehead atoms. The lowest BCUT2D eigenvalue weighted by Gasteiger charge is -2.05. The summed E-state index contributed by atoms with van der Waals surface area (Å²) in [5.74, 6) is 0. The van der Waals surface area contributed by atoms with Gasteiger partial charge in [0, 0.05) is 0 Å². The van der Waals surface area contributed by atoms with Crippen molar-refractivity contribution in [3.8, 4) is 0 Å². The van der Waals surface area contributed by atoms with Crippen molar-refractivity contribution in [3.05, 3.63) is 11.4 Å². The van der Waals surface area contributed by atoms with Gasteiger partial charge in [-0.1, -0.05) is 5.21 Å². The van der Waals surface area contributed by atoms with Gasteiger partial charge in [-0.05, 0) is 12.8 Å². The number of aromatic amines is 1. The lowest BCUT2D eigenvalue weighted by Crippen LogP contribution is -2.06. The van der Waals surface area contributed by atoms with Gasteiger partial charge < -0.3 is 0 Å². The summed E-state index contributed by atoms with van der Waals surface area (Å²) in [4.78, 5) is 0. The number of nitrogens with zero attached hydrogens (tertiary/aromatic N) is 2. The van der Waals surface area contributed by atoms with Crippen LogP contribution in [-0.4, -0.2) is 15.4 Å². The van der Waals surface area contributed by atoms with Crippen molar-refractivity contribution < 1.29 is 0 Å². The zero-order chi connectivity index (χ0) is 4.69. The molecule has 3 nitrogen and oxygen atoms in total. The maximum absolute atomic E-state index is 3.80. The van der Waals surface area contributed by atoms with E-state index in [9.17, 15) is 0 Å². The van der Waals surface area contributed by atoms with Crippen molar-refractivity contribution in [1.29, 1.82) is 0 Å². The highest BCUT2D eigenvalue weighted by Crippen LogP contribution is 2.14. The van der Waals surface area contributed by atoms with E-state index in [4.69, 9.17) is 0 Å². The number of fused-ring (bicyclic) bond motifs is 1. The van der Waals surface area contributed by atoms with Gasteiger partial charge >= 0.3 is 0 Å². The third-order valence-corrected chi connectivity index (χ3v) is 1.32. The molecule has 3 heteroatoms. The second-order valence-electron chi connectivity index (χ2n) is 1.74. The van der Waals surface area contributed by atoms with Gasteiger partial charge in [0.15, 0.2) is 0 Å². The molecule has 0 aliphatic heterocycles. The van der Waals surface area contributed by atoms with Crippen LogP contribution in [-0.2, 0) is 12.8 Å². The van der Waals surface area contributed by atoms with Crippen LogP contribution in [0.3, 0.4) is 0 Å². The summed E-state index contributed by atoms with van der Waals surface area (Å²) in [6, 6.07) is 0. The molecule has 0 saturated carbocycles. The highest BCUT2D eigenvalue weighted by molar-refractivity contribution is 5.18. The fourth-order valence-corrected chi connectivity index (χ4v) is 0.738. The average molecular weight is 95.1 g/mol. The molecule has 0 spiro atoms. The lowest BCUT2D eigenvalue weighted by molar-refractivity contribution is 0.790. The predicted molar refractivity (Wildman–Crippen MR) is 23.8 cm³/mol. The number of H-pyrrole nitrogens is 1. The fraction of sp³-hybridized carbons (Fsp3) is 0.500. The summed E-state index contributed by atoms with van der Waals surface area (Å²) in [5, 5.41) is 10.2. The van der Waals surface area contributed by atoms with Crippen LogP contribution < -0.4 is 0 Å². The van der Waals surface area contributed by atoms with Gasteiger partial charge in [-0.25, -0.2) is 0 Å². The Bertz CT molecular complexity index is 160. The molecule has 0 saturated heterocycles. The van der Waals surface area contributed by atoms with Crippen LogP contribution >= 0.6 is 0 Å². The van der Waals surface area contributed by atoms with Gasteiger partial charge in [-0.15, -0.1) is 5.10 Å². The fourth-order valence-electron chi connectivity index (χ4n) is 0.738. The largest absolute Gasteiger partial charge is 0.262 e. The summed E-state index contributed by atoms with van der Waals surface area (Å²) in [6.07, 6.45) is 2.26. The van der Waals surface area contributed by atoms with Crippen molar-refractivity contribution in [3.63, 3.8) is 0 Å². The van der Waals surface area contributed by atoms with E-state index >= 15 is 0 Å². The molecule has 1 heterocycles. The van der Waals surface area contributed by atoms with Crippen LogP contribution in [0.15, 0.2) is 0 Å². The SMILES string of the molecule is C1Cc2[nH]nnc21. The van der Waals surface area contributed by atoms with Crippen LogP contribution in [0.2, 0.25) is 0 Å². The van der Waals surface area contributed by atoms with Crippen LogP contribution in [0.5, 0.6) is 0 Å². The van der Waals surface area contributed by atoms with Crippen molar-refractivity contribution in [1.82, 2.24) is 15.4 Å². The number of rotatable bonds is 0. The van der Waals surface area contributed by atoms with E-state index in [1.165, 1.54) is 5.69 Å². The highest BCUT2D eigenvalue weighted by atomic mass is 15.3. The molecule has 0 unspecified atom stereocenters. The zero-order valence-corrected chi connectivity index (χ0v) is 3.81. The minimum atomic E-state index is 1.12. The Hall–Kier alpha value is -0.860. The van der Waals surface area contributed by atoms with E-state index in [0.29, 0.717) is 0 Å². The first-order valence-corrected chi connectivity index (χ1v) is 2.35. The summed E-state index contributed by atoms with van der Waals surface area (Å²) in [5.41, 5.74) is 2.38. The quantitative estimate of drug-likeness (QED) is 0.489. The lowest BCUT2D eigenvalue weighted by atomic mass is 10.0. The van der Waals surface area contributed by atoms with Crippen molar-refractivity contribution in [2.45, 2.75) is 12.8 Å². The number of hydrogen-bond acceptors (Lipinski definition) is 2. The third kappa shape index (κ3) is 0.253. The monoisotopic (exact) mass is 95.0 g/mol. The Morgan fingerprint density at radius 3 is 2.71 bits per heavy atom. The van der Waals surface area contributed by atoms with E-state index < -0.39 is 0 Å². The molecule has 0 atom stereocenters. The first kappa shape index (κ1) is 3.18. The Labute approximate surface area is 40.7 Å². The minimum absolute atomic E-state index is 1.12. The first-order chi connectivity index (χ1) is 3.47. The maximum Gasteiger partial charge on any atom is 0.0860 e.